The third kappa shape index (κ3) is 7.95. The second-order valence-electron chi connectivity index (χ2n) is 10.7. The van der Waals surface area contributed by atoms with E-state index < -0.39 is 23.8 Å². The van der Waals surface area contributed by atoms with Crippen LogP contribution in [-0.4, -0.2) is 52.8 Å². The average Bonchev–Trinajstić information content (AvgIpc) is 2.93. The number of methoxy groups -OCH3 is 1. The number of carboxylic acid groups (broad SMARTS) is 1. The van der Waals surface area contributed by atoms with Gasteiger partial charge in [0.15, 0.2) is 0 Å². The lowest BCUT2D eigenvalue weighted by Crippen LogP contribution is -2.41. The Balaban J connectivity index is 1.29. The summed E-state index contributed by atoms with van der Waals surface area (Å²) in [7, 11) is 1.60. The fraction of sp³-hybridized carbons (Fsp3) is 0.484. The Morgan fingerprint density at radius 2 is 1.98 bits per heavy atom. The van der Waals surface area contributed by atoms with Gasteiger partial charge in [0, 0.05) is 24.5 Å². The van der Waals surface area contributed by atoms with Gasteiger partial charge in [-0.05, 0) is 105 Å². The highest BCUT2D eigenvalue weighted by Crippen LogP contribution is 2.35. The van der Waals surface area contributed by atoms with E-state index in [0.29, 0.717) is 30.7 Å². The van der Waals surface area contributed by atoms with Gasteiger partial charge in [-0.3, -0.25) is 9.78 Å². The van der Waals surface area contributed by atoms with Crippen LogP contribution in [0.4, 0.5) is 13.2 Å². The van der Waals surface area contributed by atoms with Crippen molar-refractivity contribution in [3.8, 4) is 5.75 Å². The predicted octanol–water partition coefficient (Wildman–Crippen LogP) is 6.51. The smallest absolute Gasteiger partial charge is 0.416 e. The summed E-state index contributed by atoms with van der Waals surface area (Å²) in [4.78, 5) is 18.3. The molecule has 40 heavy (non-hydrogen) atoms. The molecule has 6 nitrogen and oxygen atoms in total. The van der Waals surface area contributed by atoms with Crippen LogP contribution >= 0.6 is 0 Å². The van der Waals surface area contributed by atoms with Crippen LogP contribution in [0.1, 0.15) is 61.3 Å². The number of aromatic nitrogens is 1. The molecule has 1 aliphatic rings. The minimum atomic E-state index is -4.34. The van der Waals surface area contributed by atoms with Gasteiger partial charge in [0.1, 0.15) is 5.75 Å². The summed E-state index contributed by atoms with van der Waals surface area (Å²) < 4.78 is 44.2. The zero-order valence-electron chi connectivity index (χ0n) is 22.7. The Labute approximate surface area is 232 Å². The van der Waals surface area contributed by atoms with Crippen molar-refractivity contribution >= 4 is 16.9 Å². The zero-order chi connectivity index (χ0) is 28.7. The third-order valence-electron chi connectivity index (χ3n) is 8.01. The molecule has 0 radical (unpaired) electrons. The number of carbonyl (C=O) groups is 1. The lowest BCUT2D eigenvalue weighted by Gasteiger charge is -2.38. The number of hydrogen-bond donors (Lipinski definition) is 2. The maximum Gasteiger partial charge on any atom is 0.416 e. The van der Waals surface area contributed by atoms with Crippen LogP contribution in [0.25, 0.3) is 10.9 Å². The van der Waals surface area contributed by atoms with E-state index in [2.05, 4.69) is 9.88 Å². The van der Waals surface area contributed by atoms with Crippen LogP contribution in [0.5, 0.6) is 5.75 Å². The van der Waals surface area contributed by atoms with E-state index in [9.17, 15) is 28.2 Å². The van der Waals surface area contributed by atoms with E-state index >= 15 is 0 Å². The van der Waals surface area contributed by atoms with Gasteiger partial charge in [-0.15, -0.1) is 0 Å². The lowest BCUT2D eigenvalue weighted by molar-refractivity contribution is -0.139. The van der Waals surface area contributed by atoms with Gasteiger partial charge in [0.05, 0.1) is 24.3 Å². The first-order chi connectivity index (χ1) is 19.1. The maximum atomic E-state index is 13.0. The molecule has 1 saturated heterocycles. The second-order valence-corrected chi connectivity index (χ2v) is 10.7. The standard InChI is InChI=1S/C31H37F3N2O4/c1-40-25-9-10-28-27(19-25)26(12-14-35-28)29(37)11-8-22-13-16-36(20-23(22)18-30(38)39)15-3-2-5-21-6-4-7-24(17-21)31(32,33)34/h4,6-7,9-10,12,14,17,19,22-23,29,37H,2-3,5,8,11,13,15-16,18,20H2,1H3,(H,38,39)/t22-,23+,29?/m1/s1. The monoisotopic (exact) mass is 558 g/mol. The Morgan fingerprint density at radius 3 is 2.73 bits per heavy atom. The molecular formula is C31H37F3N2O4. The second kappa shape index (κ2) is 13.5. The van der Waals surface area contributed by atoms with Crippen LogP contribution in [0.15, 0.2) is 54.7 Å². The quantitative estimate of drug-likeness (QED) is 0.247. The molecular weight excluding hydrogens is 521 g/mol. The molecule has 216 valence electrons. The Bertz CT molecular complexity index is 1280. The van der Waals surface area contributed by atoms with E-state index in [1.165, 1.54) is 12.1 Å². The number of piperidine rings is 1. The number of benzene rings is 2. The predicted molar refractivity (Wildman–Crippen MR) is 147 cm³/mol. The summed E-state index contributed by atoms with van der Waals surface area (Å²) in [5.74, 6) is 0.0396. The highest BCUT2D eigenvalue weighted by molar-refractivity contribution is 5.83. The third-order valence-corrected chi connectivity index (χ3v) is 8.01. The molecule has 4 rings (SSSR count). The summed E-state index contributed by atoms with van der Waals surface area (Å²) in [6.07, 6.45) is 0.995. The summed E-state index contributed by atoms with van der Waals surface area (Å²) in [6.45, 7) is 2.30. The van der Waals surface area contributed by atoms with Crippen molar-refractivity contribution in [2.75, 3.05) is 26.7 Å². The number of carboxylic acids is 1. The number of hydrogen-bond acceptors (Lipinski definition) is 5. The van der Waals surface area contributed by atoms with E-state index in [4.69, 9.17) is 4.74 Å². The van der Waals surface area contributed by atoms with Crippen LogP contribution in [0, 0.1) is 11.8 Å². The number of pyridine rings is 1. The first kappa shape index (κ1) is 29.8. The number of aryl methyl sites for hydroxylation is 1. The molecule has 1 aliphatic heterocycles. The molecule has 3 aromatic rings. The summed E-state index contributed by atoms with van der Waals surface area (Å²) in [5.41, 5.74) is 1.63. The van der Waals surface area contributed by atoms with Gasteiger partial charge >= 0.3 is 12.1 Å². The number of aliphatic hydroxyl groups is 1. The topological polar surface area (TPSA) is 82.9 Å². The number of nitrogens with zero attached hydrogens (tertiary/aromatic N) is 2. The summed E-state index contributed by atoms with van der Waals surface area (Å²) in [6, 6.07) is 12.9. The maximum absolute atomic E-state index is 13.0. The first-order valence-corrected chi connectivity index (χ1v) is 13.8. The number of aliphatic carboxylic acids is 1. The molecule has 1 fully saturated rings. The van der Waals surface area contributed by atoms with Gasteiger partial charge in [-0.2, -0.15) is 13.2 Å². The van der Waals surface area contributed by atoms with Crippen molar-refractivity contribution in [1.82, 2.24) is 9.88 Å². The van der Waals surface area contributed by atoms with Gasteiger partial charge in [-0.1, -0.05) is 18.2 Å². The Morgan fingerprint density at radius 1 is 1.15 bits per heavy atom. The minimum Gasteiger partial charge on any atom is -0.497 e. The van der Waals surface area contributed by atoms with Gasteiger partial charge in [0.25, 0.3) is 0 Å². The molecule has 2 N–H and O–H groups in total. The molecule has 2 aromatic carbocycles. The number of ether oxygens (including phenoxy) is 1. The number of fused-ring (bicyclic) bond motifs is 1. The largest absolute Gasteiger partial charge is 0.497 e. The van der Waals surface area contributed by atoms with E-state index in [0.717, 1.165) is 61.3 Å². The molecule has 3 atom stereocenters. The Kier molecular flexibility index (Phi) is 10.0. The van der Waals surface area contributed by atoms with E-state index in [1.807, 2.05) is 24.3 Å². The minimum absolute atomic E-state index is 0.0174. The molecule has 9 heteroatoms. The number of aliphatic hydroxyl groups excluding tert-OH is 1. The molecule has 0 amide bonds. The normalized spacial score (nSPS) is 19.0. The van der Waals surface area contributed by atoms with Crippen molar-refractivity contribution in [2.45, 2.75) is 57.2 Å². The van der Waals surface area contributed by atoms with Crippen molar-refractivity contribution in [1.29, 1.82) is 0 Å². The van der Waals surface area contributed by atoms with Crippen molar-refractivity contribution < 1.29 is 32.9 Å². The molecule has 0 bridgehead atoms. The highest BCUT2D eigenvalue weighted by Gasteiger charge is 2.32. The molecule has 0 spiro atoms. The first-order valence-electron chi connectivity index (χ1n) is 13.8. The number of halogens is 3. The van der Waals surface area contributed by atoms with Crippen LogP contribution in [-0.2, 0) is 17.4 Å². The average molecular weight is 559 g/mol. The lowest BCUT2D eigenvalue weighted by atomic mass is 9.79. The fourth-order valence-electron chi connectivity index (χ4n) is 5.85. The van der Waals surface area contributed by atoms with E-state index in [1.54, 1.807) is 19.4 Å². The van der Waals surface area contributed by atoms with Crippen molar-refractivity contribution in [3.63, 3.8) is 0 Å². The SMILES string of the molecule is COc1ccc2nccc(C(O)CC[C@@H]3CCN(CCCCc4cccc(C(F)(F)F)c4)C[C@@H]3CC(=O)O)c2c1. The fourth-order valence-corrected chi connectivity index (χ4v) is 5.85. The number of alkyl halides is 3. The number of unbranched alkanes of at least 4 members (excludes halogenated alkanes) is 1. The van der Waals surface area contributed by atoms with Crippen molar-refractivity contribution in [2.24, 2.45) is 11.8 Å². The Hall–Kier alpha value is -3.17. The highest BCUT2D eigenvalue weighted by atomic mass is 19.4. The van der Waals surface area contributed by atoms with Gasteiger partial charge in [0.2, 0.25) is 0 Å². The summed E-state index contributed by atoms with van der Waals surface area (Å²) in [5, 5.41) is 21.5. The van der Waals surface area contributed by atoms with E-state index in [-0.39, 0.29) is 18.3 Å². The van der Waals surface area contributed by atoms with Crippen molar-refractivity contribution in [3.05, 3.63) is 71.4 Å². The van der Waals surface area contributed by atoms with Gasteiger partial charge < -0.3 is 19.8 Å². The molecule has 1 unspecified atom stereocenters. The van der Waals surface area contributed by atoms with Crippen LogP contribution < -0.4 is 4.74 Å². The van der Waals surface area contributed by atoms with Crippen LogP contribution in [0.2, 0.25) is 0 Å². The van der Waals surface area contributed by atoms with Crippen LogP contribution in [0.3, 0.4) is 0 Å². The number of rotatable bonds is 12. The molecule has 2 heterocycles. The molecule has 0 aliphatic carbocycles. The summed E-state index contributed by atoms with van der Waals surface area (Å²) >= 11 is 0. The van der Waals surface area contributed by atoms with Gasteiger partial charge in [-0.25, -0.2) is 0 Å². The zero-order valence-corrected chi connectivity index (χ0v) is 22.7. The molecule has 0 saturated carbocycles. The number of likely N-dealkylation sites (tertiary alicyclic amines) is 1. The molecule has 1 aromatic heterocycles.